The van der Waals surface area contributed by atoms with Gasteiger partial charge in [-0.1, -0.05) is 11.6 Å². The molecule has 0 radical (unpaired) electrons. The molecule has 1 heterocycles. The minimum atomic E-state index is 0.197. The molecule has 0 aliphatic rings. The zero-order chi connectivity index (χ0) is 12.3. The van der Waals surface area contributed by atoms with Crippen molar-refractivity contribution in [3.8, 4) is 5.75 Å². The van der Waals surface area contributed by atoms with E-state index in [1.54, 1.807) is 18.6 Å². The number of aromatic nitrogens is 2. The number of nitrogens with one attached hydrogen (secondary N) is 1. The van der Waals surface area contributed by atoms with E-state index >= 15 is 0 Å². The third-order valence-electron chi connectivity index (χ3n) is 2.39. The molecule has 2 aromatic rings. The van der Waals surface area contributed by atoms with Crippen molar-refractivity contribution in [3.05, 3.63) is 47.0 Å². The summed E-state index contributed by atoms with van der Waals surface area (Å²) in [6.45, 7) is 1.49. The first-order valence-corrected chi connectivity index (χ1v) is 5.65. The fraction of sp³-hybridized carbons (Fsp3) is 0.250. The minimum absolute atomic E-state index is 0.197. The summed E-state index contributed by atoms with van der Waals surface area (Å²) in [5.74, 6) is 0.197. The van der Waals surface area contributed by atoms with Gasteiger partial charge in [-0.2, -0.15) is 0 Å². The van der Waals surface area contributed by atoms with Gasteiger partial charge < -0.3 is 10.1 Å². The second kappa shape index (κ2) is 5.21. The molecule has 0 amide bonds. The zero-order valence-corrected chi connectivity index (χ0v) is 10.3. The van der Waals surface area contributed by atoms with Crippen LogP contribution in [-0.4, -0.2) is 27.0 Å². The van der Waals surface area contributed by atoms with Gasteiger partial charge in [-0.3, -0.25) is 4.90 Å². The molecule has 0 atom stereocenters. The summed E-state index contributed by atoms with van der Waals surface area (Å²) in [6, 6.07) is 5.10. The van der Waals surface area contributed by atoms with Gasteiger partial charge in [-0.05, 0) is 30.8 Å². The predicted molar refractivity (Wildman–Crippen MR) is 66.9 cm³/mol. The number of phenols is 1. The number of hydrogen-bond acceptors (Lipinski definition) is 3. The summed E-state index contributed by atoms with van der Waals surface area (Å²) in [5.41, 5.74) is 2.04. The van der Waals surface area contributed by atoms with Gasteiger partial charge in [0.05, 0.1) is 6.33 Å². The number of nitrogens with zero attached hydrogens (tertiary/aromatic N) is 2. The molecule has 0 unspecified atom stereocenters. The smallest absolute Gasteiger partial charge is 0.117 e. The van der Waals surface area contributed by atoms with Crippen molar-refractivity contribution < 1.29 is 5.11 Å². The molecule has 17 heavy (non-hydrogen) atoms. The highest BCUT2D eigenvalue weighted by atomic mass is 35.5. The molecule has 0 saturated heterocycles. The molecule has 2 N–H and O–H groups in total. The molecule has 0 bridgehead atoms. The Kier molecular flexibility index (Phi) is 3.66. The molecular weight excluding hydrogens is 238 g/mol. The molecule has 1 aromatic heterocycles. The van der Waals surface area contributed by atoms with Crippen LogP contribution in [0.15, 0.2) is 30.7 Å². The molecule has 0 spiro atoms. The van der Waals surface area contributed by atoms with E-state index in [0.29, 0.717) is 11.6 Å². The van der Waals surface area contributed by atoms with Crippen molar-refractivity contribution in [1.82, 2.24) is 14.9 Å². The van der Waals surface area contributed by atoms with Crippen LogP contribution in [-0.2, 0) is 13.1 Å². The summed E-state index contributed by atoms with van der Waals surface area (Å²) in [7, 11) is 2.00. The van der Waals surface area contributed by atoms with E-state index in [0.717, 1.165) is 17.8 Å². The Morgan fingerprint density at radius 2 is 2.18 bits per heavy atom. The number of hydrogen-bond donors (Lipinski definition) is 2. The Hall–Kier alpha value is -1.52. The second-order valence-corrected chi connectivity index (χ2v) is 4.50. The van der Waals surface area contributed by atoms with E-state index < -0.39 is 0 Å². The van der Waals surface area contributed by atoms with Gasteiger partial charge in [0.25, 0.3) is 0 Å². The fourth-order valence-corrected chi connectivity index (χ4v) is 2.01. The number of imidazole rings is 1. The van der Waals surface area contributed by atoms with Crippen molar-refractivity contribution in [2.24, 2.45) is 0 Å². The van der Waals surface area contributed by atoms with Gasteiger partial charge in [0.15, 0.2) is 0 Å². The first kappa shape index (κ1) is 12.0. The summed E-state index contributed by atoms with van der Waals surface area (Å²) in [6.07, 6.45) is 3.46. The van der Waals surface area contributed by atoms with Crippen LogP contribution < -0.4 is 0 Å². The lowest BCUT2D eigenvalue weighted by atomic mass is 10.2. The van der Waals surface area contributed by atoms with Crippen LogP contribution in [0.25, 0.3) is 0 Å². The second-order valence-electron chi connectivity index (χ2n) is 4.07. The van der Waals surface area contributed by atoms with Crippen LogP contribution in [0.1, 0.15) is 11.3 Å². The number of rotatable bonds is 4. The van der Waals surface area contributed by atoms with Crippen molar-refractivity contribution >= 4 is 11.6 Å². The van der Waals surface area contributed by atoms with Crippen LogP contribution in [0.4, 0.5) is 0 Å². The maximum absolute atomic E-state index is 9.44. The van der Waals surface area contributed by atoms with Crippen LogP contribution >= 0.6 is 11.6 Å². The molecule has 4 nitrogen and oxygen atoms in total. The van der Waals surface area contributed by atoms with Gasteiger partial charge >= 0.3 is 0 Å². The van der Waals surface area contributed by atoms with E-state index in [1.807, 2.05) is 13.1 Å². The highest BCUT2D eigenvalue weighted by molar-refractivity contribution is 6.30. The number of aromatic amines is 1. The quantitative estimate of drug-likeness (QED) is 0.877. The monoisotopic (exact) mass is 251 g/mol. The SMILES string of the molecule is CN(Cc1cc(O)cc(Cl)c1)Cc1cnc[nH]1. The van der Waals surface area contributed by atoms with E-state index in [1.165, 1.54) is 6.07 Å². The number of halogens is 1. The lowest BCUT2D eigenvalue weighted by molar-refractivity contribution is 0.315. The number of H-pyrrole nitrogens is 1. The molecule has 0 aliphatic carbocycles. The van der Waals surface area contributed by atoms with Gasteiger partial charge in [0, 0.05) is 30.0 Å². The van der Waals surface area contributed by atoms with Crippen LogP contribution in [0.5, 0.6) is 5.75 Å². The average molecular weight is 252 g/mol. The predicted octanol–water partition coefficient (Wildman–Crippen LogP) is 2.40. The minimum Gasteiger partial charge on any atom is -0.508 e. The van der Waals surface area contributed by atoms with Gasteiger partial charge in [-0.15, -0.1) is 0 Å². The summed E-state index contributed by atoms with van der Waals surface area (Å²) in [4.78, 5) is 9.13. The third-order valence-corrected chi connectivity index (χ3v) is 2.61. The highest BCUT2D eigenvalue weighted by Gasteiger charge is 2.04. The summed E-state index contributed by atoms with van der Waals surface area (Å²) >= 11 is 5.88. The van der Waals surface area contributed by atoms with Crippen LogP contribution in [0.3, 0.4) is 0 Å². The van der Waals surface area contributed by atoms with Crippen molar-refractivity contribution in [1.29, 1.82) is 0 Å². The molecule has 90 valence electrons. The maximum atomic E-state index is 9.44. The number of phenolic OH excluding ortho intramolecular Hbond substituents is 1. The molecule has 2 rings (SSSR count). The largest absolute Gasteiger partial charge is 0.508 e. The fourth-order valence-electron chi connectivity index (χ4n) is 1.75. The third kappa shape index (κ3) is 3.47. The van der Waals surface area contributed by atoms with Crippen molar-refractivity contribution in [2.45, 2.75) is 13.1 Å². The van der Waals surface area contributed by atoms with Gasteiger partial charge in [0.2, 0.25) is 0 Å². The summed E-state index contributed by atoms with van der Waals surface area (Å²) < 4.78 is 0. The Morgan fingerprint density at radius 1 is 1.35 bits per heavy atom. The van der Waals surface area contributed by atoms with Gasteiger partial charge in [0.1, 0.15) is 5.75 Å². The van der Waals surface area contributed by atoms with E-state index in [9.17, 15) is 5.11 Å². The topological polar surface area (TPSA) is 52.1 Å². The highest BCUT2D eigenvalue weighted by Crippen LogP contribution is 2.20. The maximum Gasteiger partial charge on any atom is 0.117 e. The molecule has 0 aliphatic heterocycles. The number of benzene rings is 1. The van der Waals surface area contributed by atoms with Gasteiger partial charge in [-0.25, -0.2) is 4.98 Å². The Bertz CT molecular complexity index is 464. The zero-order valence-electron chi connectivity index (χ0n) is 9.52. The normalized spacial score (nSPS) is 11.0. The lowest BCUT2D eigenvalue weighted by Gasteiger charge is -2.15. The summed E-state index contributed by atoms with van der Waals surface area (Å²) in [5, 5.41) is 10.00. The first-order chi connectivity index (χ1) is 8.13. The molecule has 1 aromatic carbocycles. The van der Waals surface area contributed by atoms with Crippen LogP contribution in [0, 0.1) is 0 Å². The Morgan fingerprint density at radius 3 is 2.82 bits per heavy atom. The van der Waals surface area contributed by atoms with Crippen molar-refractivity contribution in [2.75, 3.05) is 7.05 Å². The molecule has 0 fully saturated rings. The van der Waals surface area contributed by atoms with E-state index in [4.69, 9.17) is 11.6 Å². The first-order valence-electron chi connectivity index (χ1n) is 5.28. The standard InChI is InChI=1S/C12H14ClN3O/c1-16(7-11-5-14-8-15-11)6-9-2-10(13)4-12(17)3-9/h2-5,8,17H,6-7H2,1H3,(H,14,15). The molecule has 0 saturated carbocycles. The average Bonchev–Trinajstić information content (AvgIpc) is 2.67. The van der Waals surface area contributed by atoms with Crippen LogP contribution in [0.2, 0.25) is 5.02 Å². The number of aromatic hydroxyl groups is 1. The van der Waals surface area contributed by atoms with E-state index in [2.05, 4.69) is 14.9 Å². The van der Waals surface area contributed by atoms with E-state index in [-0.39, 0.29) is 5.75 Å². The molecule has 5 heteroatoms. The molecular formula is C12H14ClN3O. The van der Waals surface area contributed by atoms with Crippen molar-refractivity contribution in [3.63, 3.8) is 0 Å². The Labute approximate surface area is 105 Å². The lowest BCUT2D eigenvalue weighted by Crippen LogP contribution is -2.17. The Balaban J connectivity index is 2.00.